The maximum Gasteiger partial charge on any atom is 0.337 e. The van der Waals surface area contributed by atoms with Gasteiger partial charge in [-0.05, 0) is 60.4 Å². The lowest BCUT2D eigenvalue weighted by molar-refractivity contribution is -0.139. The van der Waals surface area contributed by atoms with Crippen molar-refractivity contribution in [2.45, 2.75) is 19.4 Å². The molecule has 0 spiro atoms. The van der Waals surface area contributed by atoms with Crippen LogP contribution in [0.4, 0.5) is 0 Å². The lowest BCUT2D eigenvalue weighted by atomic mass is 9.95. The molecule has 0 aliphatic carbocycles. The number of aliphatic hydroxyl groups is 1. The van der Waals surface area contributed by atoms with Gasteiger partial charge in [-0.1, -0.05) is 24.3 Å². The number of aliphatic hydroxyl groups excluding tert-OH is 1. The van der Waals surface area contributed by atoms with Crippen LogP contribution >= 0.6 is 0 Å². The van der Waals surface area contributed by atoms with E-state index in [4.69, 9.17) is 4.74 Å². The van der Waals surface area contributed by atoms with Crippen molar-refractivity contribution in [1.82, 2.24) is 14.9 Å². The Hall–Kier alpha value is -4.72. The van der Waals surface area contributed by atoms with Gasteiger partial charge in [0.05, 0.1) is 24.3 Å². The number of fused-ring (bicyclic) bond motifs is 1. The minimum atomic E-state index is -0.834. The van der Waals surface area contributed by atoms with E-state index in [2.05, 4.69) is 16.0 Å². The molecule has 37 heavy (non-hydrogen) atoms. The number of ether oxygens (including phenoxy) is 1. The van der Waals surface area contributed by atoms with Crippen molar-refractivity contribution in [3.8, 4) is 0 Å². The molecule has 0 saturated carbocycles. The van der Waals surface area contributed by atoms with Gasteiger partial charge in [-0.25, -0.2) is 4.79 Å². The fourth-order valence-electron chi connectivity index (χ4n) is 4.78. The van der Waals surface area contributed by atoms with Crippen LogP contribution in [0.3, 0.4) is 0 Å². The van der Waals surface area contributed by atoms with E-state index in [-0.39, 0.29) is 17.9 Å². The molecule has 1 saturated heterocycles. The Morgan fingerprint density at radius 2 is 1.89 bits per heavy atom. The molecule has 186 valence electrons. The topological polar surface area (TPSA) is 113 Å². The number of aryl methyl sites for hydroxylation is 1. The molecule has 1 atom stereocenters. The van der Waals surface area contributed by atoms with Crippen molar-refractivity contribution in [3.63, 3.8) is 0 Å². The second kappa shape index (κ2) is 9.73. The van der Waals surface area contributed by atoms with Crippen molar-refractivity contribution in [2.24, 2.45) is 0 Å². The zero-order chi connectivity index (χ0) is 26.1. The summed E-state index contributed by atoms with van der Waals surface area (Å²) in [5.74, 6) is -2.25. The Kier molecular flexibility index (Phi) is 6.31. The van der Waals surface area contributed by atoms with E-state index in [0.717, 1.165) is 22.0 Å². The number of nitrogens with zero attached hydrogens (tertiary/aromatic N) is 2. The first-order chi connectivity index (χ1) is 17.9. The highest BCUT2D eigenvalue weighted by Gasteiger charge is 2.46. The highest BCUT2D eigenvalue weighted by atomic mass is 16.5. The highest BCUT2D eigenvalue weighted by molar-refractivity contribution is 6.46. The van der Waals surface area contributed by atoms with Gasteiger partial charge in [0.1, 0.15) is 5.76 Å². The van der Waals surface area contributed by atoms with Gasteiger partial charge in [-0.2, -0.15) is 0 Å². The number of rotatable bonds is 6. The third kappa shape index (κ3) is 4.38. The summed E-state index contributed by atoms with van der Waals surface area (Å²) in [6.07, 6.45) is 5.41. The van der Waals surface area contributed by atoms with Crippen LogP contribution in [0.15, 0.2) is 78.8 Å². The highest BCUT2D eigenvalue weighted by Crippen LogP contribution is 2.39. The number of H-pyrrole nitrogens is 1. The fraction of sp³-hybridized carbons (Fsp3) is 0.172. The van der Waals surface area contributed by atoms with Gasteiger partial charge in [0, 0.05) is 41.6 Å². The maximum atomic E-state index is 13.3. The van der Waals surface area contributed by atoms with E-state index in [1.807, 2.05) is 25.3 Å². The minimum Gasteiger partial charge on any atom is -0.507 e. The van der Waals surface area contributed by atoms with E-state index < -0.39 is 23.7 Å². The van der Waals surface area contributed by atoms with Gasteiger partial charge >= 0.3 is 5.97 Å². The van der Waals surface area contributed by atoms with E-state index in [1.54, 1.807) is 42.6 Å². The summed E-state index contributed by atoms with van der Waals surface area (Å²) in [6.45, 7) is 2.27. The van der Waals surface area contributed by atoms with Crippen LogP contribution in [0.25, 0.3) is 16.7 Å². The number of esters is 1. The summed E-state index contributed by atoms with van der Waals surface area (Å²) in [7, 11) is 1.30. The van der Waals surface area contributed by atoms with Crippen LogP contribution in [-0.2, 0) is 20.7 Å². The minimum absolute atomic E-state index is 0.0154. The third-order valence-corrected chi connectivity index (χ3v) is 6.67. The zero-order valence-electron chi connectivity index (χ0n) is 20.4. The average molecular weight is 496 g/mol. The summed E-state index contributed by atoms with van der Waals surface area (Å²) in [5.41, 5.74) is 4.41. The molecule has 3 heterocycles. The number of aromatic amines is 1. The lowest BCUT2D eigenvalue weighted by Gasteiger charge is -2.25. The number of benzene rings is 2. The Morgan fingerprint density at radius 1 is 1.11 bits per heavy atom. The van der Waals surface area contributed by atoms with E-state index in [9.17, 15) is 19.5 Å². The number of hydrogen-bond donors (Lipinski definition) is 2. The van der Waals surface area contributed by atoms with Crippen LogP contribution in [0.5, 0.6) is 0 Å². The van der Waals surface area contributed by atoms with E-state index in [1.165, 1.54) is 18.2 Å². The predicted octanol–water partition coefficient (Wildman–Crippen LogP) is 4.32. The number of nitrogens with one attached hydrogen (secondary N) is 1. The number of aromatic nitrogens is 2. The molecule has 1 amide bonds. The van der Waals surface area contributed by atoms with Gasteiger partial charge in [0.15, 0.2) is 0 Å². The van der Waals surface area contributed by atoms with E-state index in [0.29, 0.717) is 23.1 Å². The molecule has 1 unspecified atom stereocenters. The summed E-state index contributed by atoms with van der Waals surface area (Å²) in [5, 5.41) is 12.2. The Labute approximate surface area is 213 Å². The molecule has 2 aromatic heterocycles. The number of Topliss-reactive ketones (excluding diaryl/α,β-unsaturated/α-hetero) is 1. The average Bonchev–Trinajstić information content (AvgIpc) is 3.44. The van der Waals surface area contributed by atoms with Gasteiger partial charge in [0.2, 0.25) is 0 Å². The number of amides is 1. The normalized spacial score (nSPS) is 16.9. The quantitative estimate of drug-likeness (QED) is 0.178. The number of carbonyl (C=O) groups is 3. The molecule has 2 aromatic carbocycles. The van der Waals surface area contributed by atoms with Crippen LogP contribution in [-0.4, -0.2) is 51.3 Å². The number of ketones is 1. The van der Waals surface area contributed by atoms with Gasteiger partial charge in [0.25, 0.3) is 11.7 Å². The van der Waals surface area contributed by atoms with Gasteiger partial charge in [-0.15, -0.1) is 0 Å². The van der Waals surface area contributed by atoms with Gasteiger partial charge < -0.3 is 19.7 Å². The van der Waals surface area contributed by atoms with Crippen molar-refractivity contribution < 1.29 is 24.2 Å². The predicted molar refractivity (Wildman–Crippen MR) is 138 cm³/mol. The molecular weight excluding hydrogens is 470 g/mol. The zero-order valence-corrected chi connectivity index (χ0v) is 20.4. The molecule has 0 radical (unpaired) electrons. The largest absolute Gasteiger partial charge is 0.507 e. The summed E-state index contributed by atoms with van der Waals surface area (Å²) >= 11 is 0. The van der Waals surface area contributed by atoms with Crippen molar-refractivity contribution in [1.29, 1.82) is 0 Å². The fourth-order valence-corrected chi connectivity index (χ4v) is 4.78. The molecule has 1 fully saturated rings. The molecule has 1 aliphatic heterocycles. The molecule has 8 heteroatoms. The van der Waals surface area contributed by atoms with Crippen LogP contribution in [0.2, 0.25) is 0 Å². The molecule has 0 bridgehead atoms. The maximum absolute atomic E-state index is 13.3. The number of pyridine rings is 1. The molecule has 8 nitrogen and oxygen atoms in total. The second-order valence-electron chi connectivity index (χ2n) is 8.96. The smallest absolute Gasteiger partial charge is 0.337 e. The van der Waals surface area contributed by atoms with Crippen LogP contribution in [0.1, 0.15) is 38.7 Å². The first kappa shape index (κ1) is 24.0. The molecule has 4 aromatic rings. The molecule has 2 N–H and O–H groups in total. The van der Waals surface area contributed by atoms with E-state index >= 15 is 0 Å². The summed E-state index contributed by atoms with van der Waals surface area (Å²) in [6, 6.07) is 15.0. The van der Waals surface area contributed by atoms with Crippen molar-refractivity contribution >= 4 is 34.3 Å². The van der Waals surface area contributed by atoms with Crippen molar-refractivity contribution in [3.05, 3.63) is 107 Å². The summed E-state index contributed by atoms with van der Waals surface area (Å²) < 4.78 is 4.78. The number of likely N-dealkylation sites (tertiary alicyclic amines) is 1. The number of carbonyl (C=O) groups excluding carboxylic acids is 3. The first-order valence-corrected chi connectivity index (χ1v) is 11.8. The Bertz CT molecular complexity index is 1540. The number of methoxy groups -OCH3 is 1. The van der Waals surface area contributed by atoms with Crippen LogP contribution < -0.4 is 0 Å². The SMILES string of the molecule is COC(=O)c1ccc(C2C(=C(O)c3cccnc3)C(=O)C(=O)N2CCc2c[nH]c3cc(C)ccc23)cc1. The Morgan fingerprint density at radius 3 is 2.59 bits per heavy atom. The standard InChI is InChI=1S/C29H25N3O5/c1-17-5-10-22-20(16-31-23(22)14-17)11-13-32-25(18-6-8-19(9-7-18)29(36)37-2)24(27(34)28(32)35)26(33)21-4-3-12-30-15-21/h3-10,12,14-16,25,31,33H,11,13H2,1-2H3. The second-order valence-corrected chi connectivity index (χ2v) is 8.96. The van der Waals surface area contributed by atoms with Crippen LogP contribution in [0, 0.1) is 6.92 Å². The lowest BCUT2D eigenvalue weighted by Crippen LogP contribution is -2.31. The molecular formula is C29H25N3O5. The first-order valence-electron chi connectivity index (χ1n) is 11.8. The third-order valence-electron chi connectivity index (χ3n) is 6.67. The summed E-state index contributed by atoms with van der Waals surface area (Å²) in [4.78, 5) is 47.2. The van der Waals surface area contributed by atoms with Gasteiger partial charge in [-0.3, -0.25) is 14.6 Å². The molecule has 5 rings (SSSR count). The number of hydrogen-bond acceptors (Lipinski definition) is 6. The monoisotopic (exact) mass is 495 g/mol. The molecule has 1 aliphatic rings. The Balaban J connectivity index is 1.55. The van der Waals surface area contributed by atoms with Crippen molar-refractivity contribution in [2.75, 3.05) is 13.7 Å².